The van der Waals surface area contributed by atoms with E-state index in [-0.39, 0.29) is 0 Å². The maximum atomic E-state index is 8.71. The van der Waals surface area contributed by atoms with Crippen molar-refractivity contribution in [3.05, 3.63) is 26.8 Å². The van der Waals surface area contributed by atoms with Crippen LogP contribution < -0.4 is 10.5 Å². The highest BCUT2D eigenvalue weighted by molar-refractivity contribution is 14.1. The minimum atomic E-state index is 0.424. The number of ether oxygens (including phenoxy) is 1. The fraction of sp³-hybridized carbons (Fsp3) is 0.222. The van der Waals surface area contributed by atoms with Gasteiger partial charge in [0.2, 0.25) is 0 Å². The van der Waals surface area contributed by atoms with E-state index >= 15 is 0 Å². The number of methoxy groups -OCH3 is 1. The molecule has 13 heavy (non-hydrogen) atoms. The summed E-state index contributed by atoms with van der Waals surface area (Å²) < 4.78 is 6.09. The smallest absolute Gasteiger partial charge is 0.125 e. The lowest BCUT2D eigenvalue weighted by Crippen LogP contribution is -2.03. The van der Waals surface area contributed by atoms with Crippen molar-refractivity contribution in [2.75, 3.05) is 7.11 Å². The first-order valence-electron chi connectivity index (χ1n) is 3.69. The highest BCUT2D eigenvalue weighted by atomic mass is 127. The molecule has 1 rings (SSSR count). The van der Waals surface area contributed by atoms with Gasteiger partial charge in [0.05, 0.1) is 18.7 Å². The second-order valence-electron chi connectivity index (χ2n) is 2.45. The monoisotopic (exact) mass is 288 g/mol. The Kier molecular flexibility index (Phi) is 3.51. The Bertz CT molecular complexity index is 357. The molecule has 0 aromatic heterocycles. The van der Waals surface area contributed by atoms with Crippen molar-refractivity contribution in [2.45, 2.75) is 6.54 Å². The molecule has 0 spiro atoms. The summed E-state index contributed by atoms with van der Waals surface area (Å²) in [5.74, 6) is 0.686. The molecule has 0 aliphatic heterocycles. The van der Waals surface area contributed by atoms with Crippen molar-refractivity contribution in [3.63, 3.8) is 0 Å². The van der Waals surface area contributed by atoms with Gasteiger partial charge in [0.15, 0.2) is 0 Å². The maximum Gasteiger partial charge on any atom is 0.125 e. The highest BCUT2D eigenvalue weighted by Crippen LogP contribution is 2.25. The number of rotatable bonds is 2. The summed E-state index contributed by atoms with van der Waals surface area (Å²) in [6, 6.07) is 5.56. The van der Waals surface area contributed by atoms with Gasteiger partial charge in [-0.05, 0) is 34.7 Å². The van der Waals surface area contributed by atoms with Gasteiger partial charge in [-0.15, -0.1) is 0 Å². The summed E-state index contributed by atoms with van der Waals surface area (Å²) in [7, 11) is 1.58. The zero-order chi connectivity index (χ0) is 9.84. The average Bonchev–Trinajstić information content (AvgIpc) is 2.16. The molecule has 0 heterocycles. The van der Waals surface area contributed by atoms with Crippen LogP contribution >= 0.6 is 22.6 Å². The summed E-state index contributed by atoms with van der Waals surface area (Å²) in [4.78, 5) is 0. The molecule has 68 valence electrons. The molecule has 2 N–H and O–H groups in total. The fourth-order valence-electron chi connectivity index (χ4n) is 1.06. The molecule has 0 bridgehead atoms. The van der Waals surface area contributed by atoms with Gasteiger partial charge in [-0.25, -0.2) is 0 Å². The molecule has 0 saturated carbocycles. The van der Waals surface area contributed by atoms with Crippen LogP contribution in [0.15, 0.2) is 12.1 Å². The number of benzene rings is 1. The molecule has 1 aromatic carbocycles. The van der Waals surface area contributed by atoms with Crippen LogP contribution in [0.4, 0.5) is 0 Å². The van der Waals surface area contributed by atoms with Crippen LogP contribution in [-0.2, 0) is 6.54 Å². The summed E-state index contributed by atoms with van der Waals surface area (Å²) in [6.45, 7) is 0.424. The predicted octanol–water partition coefficient (Wildman–Crippen LogP) is 1.63. The van der Waals surface area contributed by atoms with Crippen LogP contribution in [0.3, 0.4) is 0 Å². The Morgan fingerprint density at radius 3 is 2.77 bits per heavy atom. The molecule has 0 unspecified atom stereocenters. The number of nitrogens with zero attached hydrogens (tertiary/aromatic N) is 1. The molecule has 0 saturated heterocycles. The van der Waals surface area contributed by atoms with Gasteiger partial charge in [-0.1, -0.05) is 0 Å². The zero-order valence-corrected chi connectivity index (χ0v) is 9.33. The molecule has 0 radical (unpaired) electrons. The van der Waals surface area contributed by atoms with Gasteiger partial charge in [0, 0.05) is 15.7 Å². The first-order valence-corrected chi connectivity index (χ1v) is 4.77. The first-order chi connectivity index (χ1) is 6.22. The van der Waals surface area contributed by atoms with Crippen LogP contribution in [0.25, 0.3) is 0 Å². The number of halogens is 1. The molecule has 4 heteroatoms. The van der Waals surface area contributed by atoms with Crippen molar-refractivity contribution in [3.8, 4) is 11.8 Å². The number of hydrogen-bond acceptors (Lipinski definition) is 3. The largest absolute Gasteiger partial charge is 0.496 e. The number of nitriles is 1. The van der Waals surface area contributed by atoms with Gasteiger partial charge in [0.25, 0.3) is 0 Å². The van der Waals surface area contributed by atoms with Crippen LogP contribution in [0.1, 0.15) is 11.1 Å². The average molecular weight is 288 g/mol. The third kappa shape index (κ3) is 2.11. The second kappa shape index (κ2) is 4.44. The van der Waals surface area contributed by atoms with Gasteiger partial charge in [-0.2, -0.15) is 5.26 Å². The summed E-state index contributed by atoms with van der Waals surface area (Å²) in [5.41, 5.74) is 7.09. The molecule has 0 atom stereocenters. The van der Waals surface area contributed by atoms with Crippen molar-refractivity contribution in [1.82, 2.24) is 0 Å². The number of hydrogen-bond donors (Lipinski definition) is 1. The van der Waals surface area contributed by atoms with Crippen LogP contribution in [0.2, 0.25) is 0 Å². The standard InChI is InChI=1S/C9H9IN2O/c1-13-9-3-6(4-11)2-8(10)7(9)5-12/h2-3H,5,12H2,1H3. The van der Waals surface area contributed by atoms with Crippen molar-refractivity contribution in [2.24, 2.45) is 5.73 Å². The van der Waals surface area contributed by atoms with E-state index in [1.165, 1.54) is 0 Å². The Morgan fingerprint density at radius 2 is 2.31 bits per heavy atom. The molecule has 1 aromatic rings. The molecular formula is C9H9IN2O. The van der Waals surface area contributed by atoms with Crippen molar-refractivity contribution < 1.29 is 4.74 Å². The minimum Gasteiger partial charge on any atom is -0.496 e. The Hall–Kier alpha value is -0.800. The van der Waals surface area contributed by atoms with Gasteiger partial charge in [0.1, 0.15) is 5.75 Å². The van der Waals surface area contributed by atoms with E-state index < -0.39 is 0 Å². The van der Waals surface area contributed by atoms with Gasteiger partial charge < -0.3 is 10.5 Å². The Morgan fingerprint density at radius 1 is 1.62 bits per heavy atom. The normalized spacial score (nSPS) is 9.38. The van der Waals surface area contributed by atoms with E-state index in [1.807, 2.05) is 0 Å². The van der Waals surface area contributed by atoms with E-state index in [4.69, 9.17) is 15.7 Å². The number of nitrogens with two attached hydrogens (primary N) is 1. The highest BCUT2D eigenvalue weighted by Gasteiger charge is 2.07. The van der Waals surface area contributed by atoms with E-state index in [9.17, 15) is 0 Å². The fourth-order valence-corrected chi connectivity index (χ4v) is 1.88. The summed E-state index contributed by atoms with van der Waals surface area (Å²) >= 11 is 2.15. The summed E-state index contributed by atoms with van der Waals surface area (Å²) in [5, 5.41) is 8.71. The first kappa shape index (κ1) is 10.3. The Balaban J connectivity index is 3.31. The Labute approximate surface area is 90.6 Å². The molecule has 0 aliphatic carbocycles. The second-order valence-corrected chi connectivity index (χ2v) is 3.62. The van der Waals surface area contributed by atoms with E-state index in [1.54, 1.807) is 19.2 Å². The third-order valence-corrected chi connectivity index (χ3v) is 2.67. The molecule has 0 amide bonds. The van der Waals surface area contributed by atoms with Gasteiger partial charge >= 0.3 is 0 Å². The van der Waals surface area contributed by atoms with Crippen molar-refractivity contribution >= 4 is 22.6 Å². The lowest BCUT2D eigenvalue weighted by Gasteiger charge is -2.08. The zero-order valence-electron chi connectivity index (χ0n) is 7.17. The molecular weight excluding hydrogens is 279 g/mol. The van der Waals surface area contributed by atoms with Crippen molar-refractivity contribution in [1.29, 1.82) is 5.26 Å². The molecule has 0 aliphatic rings. The quantitative estimate of drug-likeness (QED) is 0.841. The molecule has 0 fully saturated rings. The lowest BCUT2D eigenvalue weighted by atomic mass is 10.1. The topological polar surface area (TPSA) is 59.0 Å². The lowest BCUT2D eigenvalue weighted by molar-refractivity contribution is 0.409. The van der Waals surface area contributed by atoms with E-state index in [0.29, 0.717) is 17.9 Å². The maximum absolute atomic E-state index is 8.71. The molecule has 3 nitrogen and oxygen atoms in total. The third-order valence-electron chi connectivity index (χ3n) is 1.71. The summed E-state index contributed by atoms with van der Waals surface area (Å²) in [6.07, 6.45) is 0. The SMILES string of the molecule is COc1cc(C#N)cc(I)c1CN. The van der Waals surface area contributed by atoms with E-state index in [0.717, 1.165) is 9.13 Å². The predicted molar refractivity (Wildman–Crippen MR) is 58.3 cm³/mol. The van der Waals surface area contributed by atoms with E-state index in [2.05, 4.69) is 28.7 Å². The van der Waals surface area contributed by atoms with Crippen LogP contribution in [0.5, 0.6) is 5.75 Å². The van der Waals surface area contributed by atoms with Crippen LogP contribution in [-0.4, -0.2) is 7.11 Å². The minimum absolute atomic E-state index is 0.424. The van der Waals surface area contributed by atoms with Crippen LogP contribution in [0, 0.1) is 14.9 Å². The van der Waals surface area contributed by atoms with Gasteiger partial charge in [-0.3, -0.25) is 0 Å².